The zero-order chi connectivity index (χ0) is 18.6. The highest BCUT2D eigenvalue weighted by atomic mass is 32.1. The standard InChI is InChI=1S/C21H17N3O2S/c1-26-18-8-5-15(6-9-18)7-10-20(25)22-17-4-2-3-16(13-17)19-14-24-11-12-27-21(24)23-19/h2-14H,1H3,(H,22,25)/b10-7+. The van der Waals surface area contributed by atoms with Crippen molar-refractivity contribution in [2.75, 3.05) is 12.4 Å². The quantitative estimate of drug-likeness (QED) is 0.513. The van der Waals surface area contributed by atoms with Gasteiger partial charge in [-0.1, -0.05) is 24.3 Å². The minimum absolute atomic E-state index is 0.186. The van der Waals surface area contributed by atoms with Crippen LogP contribution in [0.15, 0.2) is 72.4 Å². The van der Waals surface area contributed by atoms with Crippen molar-refractivity contribution in [3.63, 3.8) is 0 Å². The summed E-state index contributed by atoms with van der Waals surface area (Å²) in [6.45, 7) is 0. The molecule has 2 aromatic heterocycles. The molecule has 4 rings (SSSR count). The van der Waals surface area contributed by atoms with E-state index in [2.05, 4.69) is 10.3 Å². The van der Waals surface area contributed by atoms with E-state index in [0.29, 0.717) is 0 Å². The monoisotopic (exact) mass is 375 g/mol. The summed E-state index contributed by atoms with van der Waals surface area (Å²) in [6, 6.07) is 15.2. The molecular weight excluding hydrogens is 358 g/mol. The Morgan fingerprint density at radius 2 is 2.07 bits per heavy atom. The lowest BCUT2D eigenvalue weighted by atomic mass is 10.1. The number of benzene rings is 2. The van der Waals surface area contributed by atoms with E-state index >= 15 is 0 Å². The number of fused-ring (bicyclic) bond motifs is 1. The molecule has 0 aliphatic rings. The molecule has 0 saturated heterocycles. The lowest BCUT2D eigenvalue weighted by Gasteiger charge is -2.04. The normalized spacial score (nSPS) is 11.1. The molecule has 27 heavy (non-hydrogen) atoms. The number of rotatable bonds is 5. The molecule has 0 radical (unpaired) electrons. The van der Waals surface area contributed by atoms with Crippen LogP contribution in [-0.2, 0) is 4.79 Å². The van der Waals surface area contributed by atoms with Crippen LogP contribution in [0.4, 0.5) is 5.69 Å². The number of methoxy groups -OCH3 is 1. The van der Waals surface area contributed by atoms with Crippen LogP contribution in [0.1, 0.15) is 5.56 Å². The number of imidazole rings is 1. The maximum atomic E-state index is 12.2. The summed E-state index contributed by atoms with van der Waals surface area (Å²) in [5.74, 6) is 0.598. The molecule has 1 amide bonds. The van der Waals surface area contributed by atoms with E-state index in [1.165, 1.54) is 6.08 Å². The molecule has 0 unspecified atom stereocenters. The third-order valence-electron chi connectivity index (χ3n) is 4.06. The smallest absolute Gasteiger partial charge is 0.248 e. The van der Waals surface area contributed by atoms with E-state index < -0.39 is 0 Å². The molecule has 134 valence electrons. The number of anilines is 1. The van der Waals surface area contributed by atoms with E-state index in [-0.39, 0.29) is 5.91 Å². The molecule has 6 heteroatoms. The minimum atomic E-state index is -0.186. The summed E-state index contributed by atoms with van der Waals surface area (Å²) < 4.78 is 7.12. The lowest BCUT2D eigenvalue weighted by molar-refractivity contribution is -0.111. The van der Waals surface area contributed by atoms with Crippen molar-refractivity contribution in [3.8, 4) is 17.0 Å². The van der Waals surface area contributed by atoms with Crippen LogP contribution >= 0.6 is 11.3 Å². The van der Waals surface area contributed by atoms with E-state index in [9.17, 15) is 4.79 Å². The van der Waals surface area contributed by atoms with Gasteiger partial charge in [-0.2, -0.15) is 0 Å². The molecule has 5 nitrogen and oxygen atoms in total. The first kappa shape index (κ1) is 17.1. The summed E-state index contributed by atoms with van der Waals surface area (Å²) in [7, 11) is 1.62. The van der Waals surface area contributed by atoms with Gasteiger partial charge in [-0.3, -0.25) is 9.20 Å². The maximum Gasteiger partial charge on any atom is 0.248 e. The first-order valence-electron chi connectivity index (χ1n) is 8.37. The predicted octanol–water partition coefficient (Wildman–Crippen LogP) is 4.72. The zero-order valence-corrected chi connectivity index (χ0v) is 15.4. The lowest BCUT2D eigenvalue weighted by Crippen LogP contribution is -2.07. The third-order valence-corrected chi connectivity index (χ3v) is 4.83. The van der Waals surface area contributed by atoms with Crippen LogP contribution in [0, 0.1) is 0 Å². The highest BCUT2D eigenvalue weighted by Gasteiger charge is 2.06. The predicted molar refractivity (Wildman–Crippen MR) is 109 cm³/mol. The van der Waals surface area contributed by atoms with E-state index in [1.807, 2.05) is 70.7 Å². The molecule has 1 N–H and O–H groups in total. The topological polar surface area (TPSA) is 55.6 Å². The molecule has 2 aromatic carbocycles. The Hall–Kier alpha value is -3.38. The highest BCUT2D eigenvalue weighted by molar-refractivity contribution is 7.15. The second-order valence-electron chi connectivity index (χ2n) is 5.90. The van der Waals surface area contributed by atoms with Crippen molar-refractivity contribution < 1.29 is 9.53 Å². The third kappa shape index (κ3) is 3.91. The molecule has 4 aromatic rings. The SMILES string of the molecule is COc1ccc(/C=C/C(=O)Nc2cccc(-c3cn4ccsc4n3)c2)cc1. The Kier molecular flexibility index (Phi) is 4.72. The number of thiazole rings is 1. The fraction of sp³-hybridized carbons (Fsp3) is 0.0476. The maximum absolute atomic E-state index is 12.2. The minimum Gasteiger partial charge on any atom is -0.497 e. The zero-order valence-electron chi connectivity index (χ0n) is 14.6. The number of nitrogens with one attached hydrogen (secondary N) is 1. The van der Waals surface area contributed by atoms with Crippen molar-refractivity contribution >= 4 is 34.0 Å². The number of amides is 1. The Bertz CT molecular complexity index is 1080. The van der Waals surface area contributed by atoms with Crippen molar-refractivity contribution in [2.24, 2.45) is 0 Å². The van der Waals surface area contributed by atoms with Crippen LogP contribution < -0.4 is 10.1 Å². The second-order valence-corrected chi connectivity index (χ2v) is 6.77. The van der Waals surface area contributed by atoms with Gasteiger partial charge in [0.05, 0.1) is 12.8 Å². The largest absolute Gasteiger partial charge is 0.497 e. The fourth-order valence-corrected chi connectivity index (χ4v) is 3.39. The van der Waals surface area contributed by atoms with Gasteiger partial charge in [0.15, 0.2) is 4.96 Å². The summed E-state index contributed by atoms with van der Waals surface area (Å²) in [5.41, 5.74) is 3.50. The van der Waals surface area contributed by atoms with Crippen LogP contribution in [0.5, 0.6) is 5.75 Å². The molecule has 0 bridgehead atoms. The Morgan fingerprint density at radius 3 is 2.85 bits per heavy atom. The summed E-state index contributed by atoms with van der Waals surface area (Å²) in [6.07, 6.45) is 7.24. The number of carbonyl (C=O) groups is 1. The Labute approximate surface area is 160 Å². The van der Waals surface area contributed by atoms with Gasteiger partial charge in [-0.25, -0.2) is 4.98 Å². The van der Waals surface area contributed by atoms with Gasteiger partial charge in [0.1, 0.15) is 5.75 Å². The number of nitrogens with zero attached hydrogens (tertiary/aromatic N) is 2. The molecule has 2 heterocycles. The second kappa shape index (κ2) is 7.47. The molecule has 0 aliphatic carbocycles. The van der Waals surface area contributed by atoms with Gasteiger partial charge in [-0.15, -0.1) is 11.3 Å². The van der Waals surface area contributed by atoms with Gasteiger partial charge in [0.25, 0.3) is 0 Å². The molecule has 0 fully saturated rings. The van der Waals surface area contributed by atoms with Crippen LogP contribution in [0.2, 0.25) is 0 Å². The van der Waals surface area contributed by atoms with Crippen molar-refractivity contribution in [3.05, 3.63) is 77.9 Å². The van der Waals surface area contributed by atoms with Gasteiger partial charge < -0.3 is 10.1 Å². The van der Waals surface area contributed by atoms with Crippen LogP contribution in [0.25, 0.3) is 22.3 Å². The van der Waals surface area contributed by atoms with Gasteiger partial charge in [-0.05, 0) is 35.9 Å². The van der Waals surface area contributed by atoms with Crippen molar-refractivity contribution in [1.29, 1.82) is 0 Å². The number of ether oxygens (including phenoxy) is 1. The fourth-order valence-electron chi connectivity index (χ4n) is 2.69. The molecule has 0 spiro atoms. The number of hydrogen-bond donors (Lipinski definition) is 1. The van der Waals surface area contributed by atoms with E-state index in [1.54, 1.807) is 24.5 Å². The van der Waals surface area contributed by atoms with E-state index in [4.69, 9.17) is 4.74 Å². The van der Waals surface area contributed by atoms with Gasteiger partial charge in [0, 0.05) is 35.1 Å². The van der Waals surface area contributed by atoms with Crippen molar-refractivity contribution in [2.45, 2.75) is 0 Å². The summed E-state index contributed by atoms with van der Waals surface area (Å²) in [4.78, 5) is 17.8. The average molecular weight is 375 g/mol. The van der Waals surface area contributed by atoms with E-state index in [0.717, 1.165) is 33.2 Å². The van der Waals surface area contributed by atoms with Crippen LogP contribution in [0.3, 0.4) is 0 Å². The summed E-state index contributed by atoms with van der Waals surface area (Å²) >= 11 is 1.59. The molecule has 0 aliphatic heterocycles. The highest BCUT2D eigenvalue weighted by Crippen LogP contribution is 2.24. The summed E-state index contributed by atoms with van der Waals surface area (Å²) in [5, 5.41) is 4.89. The Morgan fingerprint density at radius 1 is 1.22 bits per heavy atom. The average Bonchev–Trinajstić information content (AvgIpc) is 3.29. The van der Waals surface area contributed by atoms with Crippen LogP contribution in [-0.4, -0.2) is 22.4 Å². The Balaban J connectivity index is 1.46. The van der Waals surface area contributed by atoms with Gasteiger partial charge >= 0.3 is 0 Å². The molecule has 0 atom stereocenters. The molecule has 0 saturated carbocycles. The first-order chi connectivity index (χ1) is 13.2. The number of hydrogen-bond acceptors (Lipinski definition) is 4. The molecular formula is C21H17N3O2S. The first-order valence-corrected chi connectivity index (χ1v) is 9.25. The number of carbonyl (C=O) groups excluding carboxylic acids is 1. The van der Waals surface area contributed by atoms with Crippen molar-refractivity contribution in [1.82, 2.24) is 9.38 Å². The number of aromatic nitrogens is 2. The van der Waals surface area contributed by atoms with Gasteiger partial charge in [0.2, 0.25) is 5.91 Å².